The Morgan fingerprint density at radius 3 is 2.07 bits per heavy atom. The highest BCUT2D eigenvalue weighted by Gasteiger charge is 2.15. The summed E-state index contributed by atoms with van der Waals surface area (Å²) in [6, 6.07) is 14.3. The Bertz CT molecular complexity index is 919. The summed E-state index contributed by atoms with van der Waals surface area (Å²) >= 11 is 0. The van der Waals surface area contributed by atoms with Gasteiger partial charge in [-0.2, -0.15) is 0 Å². The van der Waals surface area contributed by atoms with Gasteiger partial charge in [0.1, 0.15) is 0 Å². The molecule has 2 aromatic rings. The van der Waals surface area contributed by atoms with Crippen molar-refractivity contribution in [2.75, 3.05) is 61.1 Å². The van der Waals surface area contributed by atoms with E-state index in [0.717, 1.165) is 43.8 Å². The molecule has 1 N–H and O–H groups in total. The van der Waals surface area contributed by atoms with E-state index in [1.165, 1.54) is 11.4 Å². The van der Waals surface area contributed by atoms with Gasteiger partial charge in [-0.05, 0) is 55.6 Å². The molecule has 0 radical (unpaired) electrons. The Kier molecular flexibility index (Phi) is 5.90. The number of carbonyl (C=O) groups excluding carboxylic acids is 1. The molecule has 1 aliphatic heterocycles. The summed E-state index contributed by atoms with van der Waals surface area (Å²) in [7, 11) is 0.277. The lowest BCUT2D eigenvalue weighted by Gasteiger charge is -2.34. The minimum atomic E-state index is -3.33. The van der Waals surface area contributed by atoms with Crippen molar-refractivity contribution in [3.05, 3.63) is 54.1 Å². The van der Waals surface area contributed by atoms with Crippen molar-refractivity contribution in [3.63, 3.8) is 0 Å². The average molecular weight is 403 g/mol. The second-order valence-corrected chi connectivity index (χ2v) is 9.08. The molecule has 150 valence electrons. The molecule has 0 unspecified atom stereocenters. The lowest BCUT2D eigenvalue weighted by atomic mass is 10.2. The lowest BCUT2D eigenvalue weighted by molar-refractivity contribution is 0.102. The van der Waals surface area contributed by atoms with Crippen molar-refractivity contribution < 1.29 is 13.2 Å². The van der Waals surface area contributed by atoms with Gasteiger partial charge in [0, 0.05) is 50.2 Å². The fourth-order valence-corrected chi connectivity index (χ4v) is 3.54. The zero-order chi connectivity index (χ0) is 20.3. The number of amides is 1. The van der Waals surface area contributed by atoms with Crippen LogP contribution in [-0.2, 0) is 10.0 Å². The summed E-state index contributed by atoms with van der Waals surface area (Å²) in [5.41, 5.74) is 2.85. The smallest absolute Gasteiger partial charge is 0.255 e. The molecular formula is C20H26N4O3S. The van der Waals surface area contributed by atoms with Crippen LogP contribution in [0.1, 0.15) is 10.4 Å². The van der Waals surface area contributed by atoms with Crippen molar-refractivity contribution in [2.24, 2.45) is 0 Å². The first-order chi connectivity index (χ1) is 13.2. The number of hydrogen-bond donors (Lipinski definition) is 1. The number of piperazine rings is 1. The molecule has 1 saturated heterocycles. The Hall–Kier alpha value is -2.58. The highest BCUT2D eigenvalue weighted by molar-refractivity contribution is 7.92. The van der Waals surface area contributed by atoms with E-state index < -0.39 is 10.0 Å². The summed E-state index contributed by atoms with van der Waals surface area (Å²) in [6.45, 7) is 4.08. The number of rotatable bonds is 5. The van der Waals surface area contributed by atoms with Crippen LogP contribution < -0.4 is 14.5 Å². The second-order valence-electron chi connectivity index (χ2n) is 7.07. The lowest BCUT2D eigenvalue weighted by Crippen LogP contribution is -2.44. The van der Waals surface area contributed by atoms with Crippen LogP contribution in [0.4, 0.5) is 17.1 Å². The maximum absolute atomic E-state index is 12.5. The van der Waals surface area contributed by atoms with E-state index in [-0.39, 0.29) is 5.91 Å². The molecule has 1 heterocycles. The van der Waals surface area contributed by atoms with Gasteiger partial charge in [-0.15, -0.1) is 0 Å². The van der Waals surface area contributed by atoms with Gasteiger partial charge in [0.25, 0.3) is 5.91 Å². The fraction of sp³-hybridized carbons (Fsp3) is 0.350. The normalized spacial score (nSPS) is 15.3. The summed E-state index contributed by atoms with van der Waals surface area (Å²) in [5.74, 6) is -0.235. The minimum absolute atomic E-state index is 0.235. The summed E-state index contributed by atoms with van der Waals surface area (Å²) < 4.78 is 24.4. The van der Waals surface area contributed by atoms with Gasteiger partial charge in [-0.1, -0.05) is 0 Å². The van der Waals surface area contributed by atoms with Crippen LogP contribution in [0.3, 0.4) is 0 Å². The van der Waals surface area contributed by atoms with Gasteiger partial charge in [0.15, 0.2) is 0 Å². The summed E-state index contributed by atoms with van der Waals surface area (Å²) in [5, 5.41) is 2.88. The number of likely N-dealkylation sites (N-methyl/N-ethyl adjacent to an activating group) is 1. The molecule has 0 spiro atoms. The number of benzene rings is 2. The van der Waals surface area contributed by atoms with Crippen LogP contribution in [0.25, 0.3) is 0 Å². The summed E-state index contributed by atoms with van der Waals surface area (Å²) in [4.78, 5) is 17.1. The zero-order valence-electron chi connectivity index (χ0n) is 16.4. The molecule has 0 atom stereocenters. The molecule has 1 aliphatic rings. The predicted octanol–water partition coefficient (Wildman–Crippen LogP) is 2.09. The molecular weight excluding hydrogens is 376 g/mol. The van der Waals surface area contributed by atoms with Gasteiger partial charge >= 0.3 is 0 Å². The predicted molar refractivity (Wildman–Crippen MR) is 114 cm³/mol. The monoisotopic (exact) mass is 402 g/mol. The number of anilines is 3. The third-order valence-corrected chi connectivity index (χ3v) is 6.19. The molecule has 2 aromatic carbocycles. The highest BCUT2D eigenvalue weighted by Crippen LogP contribution is 2.21. The van der Waals surface area contributed by atoms with E-state index in [1.807, 2.05) is 24.3 Å². The Labute approximate surface area is 166 Å². The number of sulfonamides is 1. The third-order valence-electron chi connectivity index (χ3n) is 4.98. The van der Waals surface area contributed by atoms with Crippen molar-refractivity contribution >= 4 is 33.0 Å². The quantitative estimate of drug-likeness (QED) is 0.829. The van der Waals surface area contributed by atoms with Crippen LogP contribution in [0.5, 0.6) is 0 Å². The van der Waals surface area contributed by atoms with Crippen molar-refractivity contribution in [3.8, 4) is 0 Å². The molecule has 8 heteroatoms. The molecule has 1 amide bonds. The number of carbonyl (C=O) groups is 1. The molecule has 0 bridgehead atoms. The van der Waals surface area contributed by atoms with Gasteiger partial charge in [0.2, 0.25) is 10.0 Å². The van der Waals surface area contributed by atoms with Gasteiger partial charge in [0.05, 0.1) is 11.9 Å². The first kappa shape index (κ1) is 20.2. The minimum Gasteiger partial charge on any atom is -0.369 e. The Balaban J connectivity index is 1.63. The zero-order valence-corrected chi connectivity index (χ0v) is 17.2. The standard InChI is InChI=1S/C20H26N4O3S/c1-22-12-14-24(15-13-22)19-10-6-17(7-11-19)21-20(25)16-4-8-18(9-5-16)23(2)28(3,26)27/h4-11H,12-15H2,1-3H3,(H,21,25). The van der Waals surface area contributed by atoms with Gasteiger partial charge in [-0.25, -0.2) is 8.42 Å². The first-order valence-electron chi connectivity index (χ1n) is 9.13. The SMILES string of the molecule is CN1CCN(c2ccc(NC(=O)c3ccc(N(C)S(C)(=O)=O)cc3)cc2)CC1. The van der Waals surface area contributed by atoms with E-state index in [4.69, 9.17) is 0 Å². The molecule has 1 fully saturated rings. The van der Waals surface area contributed by atoms with Gasteiger partial charge in [-0.3, -0.25) is 9.10 Å². The van der Waals surface area contributed by atoms with Gasteiger partial charge < -0.3 is 15.1 Å². The first-order valence-corrected chi connectivity index (χ1v) is 11.0. The third kappa shape index (κ3) is 4.82. The maximum atomic E-state index is 12.5. The molecule has 28 heavy (non-hydrogen) atoms. The fourth-order valence-electron chi connectivity index (χ4n) is 3.04. The van der Waals surface area contributed by atoms with Crippen LogP contribution >= 0.6 is 0 Å². The Morgan fingerprint density at radius 2 is 1.54 bits per heavy atom. The molecule has 0 aromatic heterocycles. The van der Waals surface area contributed by atoms with Crippen LogP contribution in [0.15, 0.2) is 48.5 Å². The molecule has 3 rings (SSSR count). The molecule has 0 aliphatic carbocycles. The van der Waals surface area contributed by atoms with E-state index in [9.17, 15) is 13.2 Å². The second kappa shape index (κ2) is 8.20. The van der Waals surface area contributed by atoms with E-state index in [1.54, 1.807) is 24.3 Å². The summed E-state index contributed by atoms with van der Waals surface area (Å²) in [6.07, 6.45) is 1.14. The molecule has 7 nitrogen and oxygen atoms in total. The maximum Gasteiger partial charge on any atom is 0.255 e. The molecule has 0 saturated carbocycles. The van der Waals surface area contributed by atoms with Crippen LogP contribution in [-0.4, -0.2) is 65.8 Å². The highest BCUT2D eigenvalue weighted by atomic mass is 32.2. The largest absolute Gasteiger partial charge is 0.369 e. The Morgan fingerprint density at radius 1 is 0.964 bits per heavy atom. The van der Waals surface area contributed by atoms with E-state index in [0.29, 0.717) is 11.3 Å². The number of nitrogens with zero attached hydrogens (tertiary/aromatic N) is 3. The topological polar surface area (TPSA) is 73.0 Å². The van der Waals surface area contributed by atoms with E-state index >= 15 is 0 Å². The van der Waals surface area contributed by atoms with Crippen molar-refractivity contribution in [2.45, 2.75) is 0 Å². The number of nitrogens with one attached hydrogen (secondary N) is 1. The average Bonchev–Trinajstić information content (AvgIpc) is 2.68. The van der Waals surface area contributed by atoms with Crippen molar-refractivity contribution in [1.82, 2.24) is 4.90 Å². The van der Waals surface area contributed by atoms with E-state index in [2.05, 4.69) is 22.2 Å². The van der Waals surface area contributed by atoms with Crippen LogP contribution in [0.2, 0.25) is 0 Å². The van der Waals surface area contributed by atoms with Crippen LogP contribution in [0, 0.1) is 0 Å². The number of hydrogen-bond acceptors (Lipinski definition) is 5. The van der Waals surface area contributed by atoms with Crippen molar-refractivity contribution in [1.29, 1.82) is 0 Å².